The second-order valence-corrected chi connectivity index (χ2v) is 7.88. The molecule has 0 aliphatic carbocycles. The first-order valence-corrected chi connectivity index (χ1v) is 11.1. The van der Waals surface area contributed by atoms with E-state index in [0.29, 0.717) is 30.8 Å². The predicted molar refractivity (Wildman–Crippen MR) is 121 cm³/mol. The van der Waals surface area contributed by atoms with E-state index in [9.17, 15) is 9.90 Å². The van der Waals surface area contributed by atoms with E-state index in [1.165, 1.54) is 24.8 Å². The van der Waals surface area contributed by atoms with Crippen molar-refractivity contribution in [2.75, 3.05) is 14.2 Å². The summed E-state index contributed by atoms with van der Waals surface area (Å²) in [6, 6.07) is 16.3. The lowest BCUT2D eigenvalue weighted by molar-refractivity contribution is -0.121. The lowest BCUT2D eigenvalue weighted by atomic mass is 10.00. The van der Waals surface area contributed by atoms with Gasteiger partial charge in [-0.15, -0.1) is 0 Å². The Hall–Kier alpha value is -2.33. The van der Waals surface area contributed by atoms with Crippen molar-refractivity contribution in [2.24, 2.45) is 0 Å². The lowest BCUT2D eigenvalue weighted by Crippen LogP contribution is -2.14. The summed E-state index contributed by atoms with van der Waals surface area (Å²) in [5.41, 5.74) is 2.44. The van der Waals surface area contributed by atoms with E-state index in [2.05, 4.69) is 30.3 Å². The number of rotatable bonds is 15. The summed E-state index contributed by atoms with van der Waals surface area (Å²) in [5.74, 6) is 1.47. The van der Waals surface area contributed by atoms with Gasteiger partial charge in [-0.2, -0.15) is 0 Å². The molecular formula is C26H36O4. The molecule has 0 saturated carbocycles. The van der Waals surface area contributed by atoms with Gasteiger partial charge < -0.3 is 14.6 Å². The summed E-state index contributed by atoms with van der Waals surface area (Å²) in [4.78, 5) is 12.2. The Morgan fingerprint density at radius 2 is 1.53 bits per heavy atom. The molecule has 4 heteroatoms. The van der Waals surface area contributed by atoms with E-state index in [1.807, 2.05) is 18.2 Å². The van der Waals surface area contributed by atoms with Crippen molar-refractivity contribution in [3.05, 3.63) is 59.7 Å². The molecule has 4 nitrogen and oxygen atoms in total. The number of ketones is 1. The minimum Gasteiger partial charge on any atom is -0.493 e. The molecule has 164 valence electrons. The number of carbonyl (C=O) groups excluding carboxylic acids is 1. The van der Waals surface area contributed by atoms with E-state index in [1.54, 1.807) is 14.2 Å². The van der Waals surface area contributed by atoms with Gasteiger partial charge in [-0.25, -0.2) is 0 Å². The average molecular weight is 413 g/mol. The van der Waals surface area contributed by atoms with Crippen LogP contribution in [0.3, 0.4) is 0 Å². The van der Waals surface area contributed by atoms with Crippen LogP contribution in [0.2, 0.25) is 0 Å². The van der Waals surface area contributed by atoms with Crippen molar-refractivity contribution in [1.29, 1.82) is 0 Å². The lowest BCUT2D eigenvalue weighted by Gasteiger charge is -2.11. The number of Topliss-reactive ketones (excluding diaryl/α,β-unsaturated/α-hetero) is 1. The Morgan fingerprint density at radius 1 is 0.833 bits per heavy atom. The Balaban J connectivity index is 1.54. The number of aliphatic hydroxyl groups excluding tert-OH is 1. The number of unbranched alkanes of at least 4 members (excludes halogenated alkanes) is 4. The van der Waals surface area contributed by atoms with Gasteiger partial charge in [0.15, 0.2) is 11.5 Å². The molecule has 2 aromatic rings. The number of ether oxygens (including phenoxy) is 2. The Morgan fingerprint density at radius 3 is 2.27 bits per heavy atom. The summed E-state index contributed by atoms with van der Waals surface area (Å²) >= 11 is 0. The van der Waals surface area contributed by atoms with Crippen molar-refractivity contribution >= 4 is 5.78 Å². The second kappa shape index (κ2) is 13.8. The van der Waals surface area contributed by atoms with Crippen molar-refractivity contribution in [2.45, 2.75) is 70.3 Å². The second-order valence-electron chi connectivity index (χ2n) is 7.88. The van der Waals surface area contributed by atoms with Crippen LogP contribution in [0.25, 0.3) is 0 Å². The molecule has 0 saturated heterocycles. The van der Waals surface area contributed by atoms with Crippen molar-refractivity contribution in [3.63, 3.8) is 0 Å². The number of benzene rings is 2. The molecule has 1 N–H and O–H groups in total. The molecule has 0 amide bonds. The smallest absolute Gasteiger partial charge is 0.160 e. The van der Waals surface area contributed by atoms with Gasteiger partial charge in [0.25, 0.3) is 0 Å². The molecule has 0 spiro atoms. The van der Waals surface area contributed by atoms with Crippen LogP contribution in [-0.4, -0.2) is 31.2 Å². The highest BCUT2D eigenvalue weighted by atomic mass is 16.5. The van der Waals surface area contributed by atoms with Crippen LogP contribution < -0.4 is 9.47 Å². The fourth-order valence-electron chi connectivity index (χ4n) is 3.67. The normalized spacial score (nSPS) is 11.8. The molecular weight excluding hydrogens is 376 g/mol. The first-order valence-electron chi connectivity index (χ1n) is 11.1. The van der Waals surface area contributed by atoms with Crippen LogP contribution in [0.1, 0.15) is 62.5 Å². The fourth-order valence-corrected chi connectivity index (χ4v) is 3.67. The third kappa shape index (κ3) is 9.00. The summed E-state index contributed by atoms with van der Waals surface area (Å²) in [6.45, 7) is 0. The van der Waals surface area contributed by atoms with E-state index in [-0.39, 0.29) is 12.2 Å². The van der Waals surface area contributed by atoms with Gasteiger partial charge in [0, 0.05) is 12.8 Å². The largest absolute Gasteiger partial charge is 0.493 e. The van der Waals surface area contributed by atoms with Gasteiger partial charge in [-0.1, -0.05) is 62.1 Å². The van der Waals surface area contributed by atoms with Gasteiger partial charge in [0.1, 0.15) is 5.78 Å². The molecule has 2 rings (SSSR count). The first-order chi connectivity index (χ1) is 14.6. The van der Waals surface area contributed by atoms with Gasteiger partial charge in [-0.3, -0.25) is 4.79 Å². The first kappa shape index (κ1) is 23.9. The van der Waals surface area contributed by atoms with Crippen LogP contribution in [0, 0.1) is 0 Å². The zero-order valence-corrected chi connectivity index (χ0v) is 18.4. The number of hydrogen-bond donors (Lipinski definition) is 1. The number of hydrogen-bond acceptors (Lipinski definition) is 4. The van der Waals surface area contributed by atoms with Gasteiger partial charge in [0.05, 0.1) is 20.3 Å². The van der Waals surface area contributed by atoms with E-state index >= 15 is 0 Å². The molecule has 0 aliphatic heterocycles. The summed E-state index contributed by atoms with van der Waals surface area (Å²) in [7, 11) is 3.21. The molecule has 0 aliphatic rings. The predicted octanol–water partition coefficient (Wildman–Crippen LogP) is 5.54. The molecule has 1 atom stereocenters. The standard InChI is InChI=1S/C26H36O4/c1-29-25-18-16-22(19-26(25)30-2)15-17-24(28)20-23(27)14-10-5-3-4-7-11-21-12-8-6-9-13-21/h6,8-9,12-13,16,18-19,23,27H,3-5,7,10-11,14-15,17,20H2,1-2H3/t23-/m0/s1. The van der Waals surface area contributed by atoms with Crippen LogP contribution in [0.15, 0.2) is 48.5 Å². The zero-order valence-electron chi connectivity index (χ0n) is 18.4. The molecule has 0 aromatic heterocycles. The van der Waals surface area contributed by atoms with Crippen LogP contribution in [0.5, 0.6) is 11.5 Å². The molecule has 0 unspecified atom stereocenters. The number of methoxy groups -OCH3 is 2. The highest BCUT2D eigenvalue weighted by molar-refractivity contribution is 5.79. The van der Waals surface area contributed by atoms with E-state index in [0.717, 1.165) is 24.8 Å². The third-order valence-corrected chi connectivity index (χ3v) is 5.45. The minimum absolute atomic E-state index is 0.111. The maximum atomic E-state index is 12.2. The summed E-state index contributed by atoms with van der Waals surface area (Å²) in [5, 5.41) is 10.2. The fraction of sp³-hybridized carbons (Fsp3) is 0.500. The van der Waals surface area contributed by atoms with Crippen LogP contribution in [-0.2, 0) is 17.6 Å². The zero-order chi connectivity index (χ0) is 21.6. The summed E-state index contributed by atoms with van der Waals surface area (Å²) in [6.07, 6.45) is 8.37. The number of carbonyl (C=O) groups is 1. The third-order valence-electron chi connectivity index (χ3n) is 5.45. The van der Waals surface area contributed by atoms with Crippen molar-refractivity contribution in [3.8, 4) is 11.5 Å². The highest BCUT2D eigenvalue weighted by Crippen LogP contribution is 2.28. The Kier molecular flexibility index (Phi) is 11.0. The Labute approximate surface area is 181 Å². The van der Waals surface area contributed by atoms with Gasteiger partial charge in [0.2, 0.25) is 0 Å². The van der Waals surface area contributed by atoms with E-state index in [4.69, 9.17) is 9.47 Å². The molecule has 0 bridgehead atoms. The number of aryl methyl sites for hydroxylation is 2. The van der Waals surface area contributed by atoms with Crippen LogP contribution >= 0.6 is 0 Å². The summed E-state index contributed by atoms with van der Waals surface area (Å²) < 4.78 is 10.5. The van der Waals surface area contributed by atoms with Gasteiger partial charge in [-0.05, 0) is 48.9 Å². The molecule has 2 aromatic carbocycles. The van der Waals surface area contributed by atoms with Crippen molar-refractivity contribution < 1.29 is 19.4 Å². The molecule has 0 radical (unpaired) electrons. The average Bonchev–Trinajstić information content (AvgIpc) is 2.77. The topological polar surface area (TPSA) is 55.8 Å². The van der Waals surface area contributed by atoms with Gasteiger partial charge >= 0.3 is 0 Å². The maximum absolute atomic E-state index is 12.2. The highest BCUT2D eigenvalue weighted by Gasteiger charge is 2.12. The SMILES string of the molecule is COc1ccc(CCC(=O)C[C@@H](O)CCCCCCCc2ccccc2)cc1OC. The quantitative estimate of drug-likeness (QED) is 0.390. The minimum atomic E-state index is -0.521. The molecule has 0 heterocycles. The molecule has 30 heavy (non-hydrogen) atoms. The maximum Gasteiger partial charge on any atom is 0.160 e. The number of aliphatic hydroxyl groups is 1. The Bertz CT molecular complexity index is 742. The van der Waals surface area contributed by atoms with Crippen LogP contribution in [0.4, 0.5) is 0 Å². The monoisotopic (exact) mass is 412 g/mol. The van der Waals surface area contributed by atoms with Crippen molar-refractivity contribution in [1.82, 2.24) is 0 Å². The molecule has 0 fully saturated rings. The van der Waals surface area contributed by atoms with E-state index < -0.39 is 6.10 Å².